The van der Waals surface area contributed by atoms with Crippen LogP contribution < -0.4 is 4.90 Å². The number of nitrogens with zero attached hydrogens (tertiary/aromatic N) is 3. The van der Waals surface area contributed by atoms with Crippen LogP contribution in [-0.2, 0) is 0 Å². The molecule has 1 heterocycles. The Morgan fingerprint density at radius 3 is 2.54 bits per heavy atom. The first-order valence-electron chi connectivity index (χ1n) is 4.51. The van der Waals surface area contributed by atoms with Gasteiger partial charge in [0.1, 0.15) is 0 Å². The molecule has 4 heteroatoms. The van der Waals surface area contributed by atoms with E-state index in [2.05, 4.69) is 28.7 Å². The molecular formula is C9H14ClN3. The highest BCUT2D eigenvalue weighted by atomic mass is 35.5. The normalized spacial score (nSPS) is 10.1. The van der Waals surface area contributed by atoms with Gasteiger partial charge in [0.05, 0.1) is 0 Å². The third kappa shape index (κ3) is 2.56. The van der Waals surface area contributed by atoms with Crippen molar-refractivity contribution in [3.05, 3.63) is 17.5 Å². The quantitative estimate of drug-likeness (QED) is 0.746. The lowest BCUT2D eigenvalue weighted by molar-refractivity contribution is 0.775. The van der Waals surface area contributed by atoms with Crippen molar-refractivity contribution in [3.8, 4) is 0 Å². The number of halogens is 1. The van der Waals surface area contributed by atoms with Crippen molar-refractivity contribution < 1.29 is 0 Å². The summed E-state index contributed by atoms with van der Waals surface area (Å²) in [6.45, 7) is 6.09. The van der Waals surface area contributed by atoms with Gasteiger partial charge in [-0.3, -0.25) is 0 Å². The van der Waals surface area contributed by atoms with Crippen molar-refractivity contribution in [3.63, 3.8) is 0 Å². The molecule has 0 amide bonds. The standard InChI is InChI=1S/C9H14ClN3/c1-3-7-13(4-2)9-8(10)11-5-6-12-9/h5-6H,3-4,7H2,1-2H3. The van der Waals surface area contributed by atoms with E-state index in [4.69, 9.17) is 11.6 Å². The third-order valence-corrected chi connectivity index (χ3v) is 2.08. The van der Waals surface area contributed by atoms with Gasteiger partial charge in [0, 0.05) is 25.5 Å². The van der Waals surface area contributed by atoms with E-state index in [-0.39, 0.29) is 0 Å². The van der Waals surface area contributed by atoms with Gasteiger partial charge in [-0.2, -0.15) is 0 Å². The maximum atomic E-state index is 5.92. The van der Waals surface area contributed by atoms with Crippen molar-refractivity contribution in [2.75, 3.05) is 18.0 Å². The van der Waals surface area contributed by atoms with Crippen LogP contribution >= 0.6 is 11.6 Å². The molecule has 13 heavy (non-hydrogen) atoms. The van der Waals surface area contributed by atoms with Crippen molar-refractivity contribution in [1.29, 1.82) is 0 Å². The van der Waals surface area contributed by atoms with Gasteiger partial charge in [-0.05, 0) is 13.3 Å². The van der Waals surface area contributed by atoms with Crippen LogP contribution in [0.1, 0.15) is 20.3 Å². The van der Waals surface area contributed by atoms with Crippen LogP contribution in [0, 0.1) is 0 Å². The van der Waals surface area contributed by atoms with Gasteiger partial charge in [-0.15, -0.1) is 0 Å². The predicted molar refractivity (Wildman–Crippen MR) is 55.2 cm³/mol. The molecular weight excluding hydrogens is 186 g/mol. The summed E-state index contributed by atoms with van der Waals surface area (Å²) >= 11 is 5.92. The van der Waals surface area contributed by atoms with Crippen LogP contribution in [0.25, 0.3) is 0 Å². The molecule has 0 unspecified atom stereocenters. The molecule has 0 aliphatic rings. The fourth-order valence-corrected chi connectivity index (χ4v) is 1.43. The Labute approximate surface area is 83.8 Å². The minimum Gasteiger partial charge on any atom is -0.354 e. The summed E-state index contributed by atoms with van der Waals surface area (Å²) in [7, 11) is 0. The van der Waals surface area contributed by atoms with E-state index >= 15 is 0 Å². The lowest BCUT2D eigenvalue weighted by atomic mass is 10.4. The average Bonchev–Trinajstić information content (AvgIpc) is 2.16. The third-order valence-electron chi connectivity index (χ3n) is 1.81. The molecule has 1 aromatic rings. The van der Waals surface area contributed by atoms with Crippen molar-refractivity contribution >= 4 is 17.4 Å². The number of anilines is 1. The molecule has 0 N–H and O–H groups in total. The van der Waals surface area contributed by atoms with E-state index in [9.17, 15) is 0 Å². The van der Waals surface area contributed by atoms with Crippen molar-refractivity contribution in [2.24, 2.45) is 0 Å². The smallest absolute Gasteiger partial charge is 0.171 e. The molecule has 72 valence electrons. The SMILES string of the molecule is CCCN(CC)c1nccnc1Cl. The van der Waals surface area contributed by atoms with Gasteiger partial charge in [-0.1, -0.05) is 18.5 Å². The Hall–Kier alpha value is -0.830. The molecule has 0 aliphatic heterocycles. The molecule has 0 aromatic carbocycles. The van der Waals surface area contributed by atoms with Gasteiger partial charge in [-0.25, -0.2) is 9.97 Å². The maximum Gasteiger partial charge on any atom is 0.171 e. The van der Waals surface area contributed by atoms with Crippen LogP contribution in [0.2, 0.25) is 5.15 Å². The molecule has 0 bridgehead atoms. The summed E-state index contributed by atoms with van der Waals surface area (Å²) in [6, 6.07) is 0. The lowest BCUT2D eigenvalue weighted by Gasteiger charge is -2.21. The first-order chi connectivity index (χ1) is 6.29. The molecule has 0 aliphatic carbocycles. The monoisotopic (exact) mass is 199 g/mol. The Morgan fingerprint density at radius 1 is 1.31 bits per heavy atom. The van der Waals surface area contributed by atoms with Crippen LogP contribution in [0.5, 0.6) is 0 Å². The number of rotatable bonds is 4. The molecule has 0 saturated heterocycles. The largest absolute Gasteiger partial charge is 0.354 e. The van der Waals surface area contributed by atoms with Gasteiger partial charge in [0.15, 0.2) is 11.0 Å². The Kier molecular flexibility index (Phi) is 3.96. The lowest BCUT2D eigenvalue weighted by Crippen LogP contribution is -2.24. The van der Waals surface area contributed by atoms with Crippen molar-refractivity contribution in [1.82, 2.24) is 9.97 Å². The van der Waals surface area contributed by atoms with Gasteiger partial charge in [0.2, 0.25) is 0 Å². The highest BCUT2D eigenvalue weighted by molar-refractivity contribution is 6.31. The van der Waals surface area contributed by atoms with E-state index in [0.29, 0.717) is 5.15 Å². The fraction of sp³-hybridized carbons (Fsp3) is 0.556. The predicted octanol–water partition coefficient (Wildman–Crippen LogP) is 2.37. The van der Waals surface area contributed by atoms with Crippen LogP contribution in [0.3, 0.4) is 0 Å². The van der Waals surface area contributed by atoms with Gasteiger partial charge < -0.3 is 4.90 Å². The van der Waals surface area contributed by atoms with E-state index < -0.39 is 0 Å². The highest BCUT2D eigenvalue weighted by Gasteiger charge is 2.08. The fourth-order valence-electron chi connectivity index (χ4n) is 1.21. The zero-order valence-corrected chi connectivity index (χ0v) is 8.75. The van der Waals surface area contributed by atoms with E-state index in [0.717, 1.165) is 25.3 Å². The van der Waals surface area contributed by atoms with Crippen molar-refractivity contribution in [2.45, 2.75) is 20.3 Å². The first kappa shape index (κ1) is 10.3. The molecule has 1 rings (SSSR count). The first-order valence-corrected chi connectivity index (χ1v) is 4.88. The Balaban J connectivity index is 2.84. The summed E-state index contributed by atoms with van der Waals surface area (Å²) in [5.74, 6) is 0.786. The van der Waals surface area contributed by atoms with E-state index in [1.807, 2.05) is 0 Å². The van der Waals surface area contributed by atoms with Crippen LogP contribution in [0.15, 0.2) is 12.4 Å². The zero-order valence-electron chi connectivity index (χ0n) is 8.00. The summed E-state index contributed by atoms with van der Waals surface area (Å²) in [4.78, 5) is 10.3. The summed E-state index contributed by atoms with van der Waals surface area (Å²) in [5, 5.41) is 0.484. The summed E-state index contributed by atoms with van der Waals surface area (Å²) in [6.07, 6.45) is 4.35. The molecule has 0 radical (unpaired) electrons. The zero-order chi connectivity index (χ0) is 9.68. The average molecular weight is 200 g/mol. The molecule has 0 fully saturated rings. The van der Waals surface area contributed by atoms with Gasteiger partial charge >= 0.3 is 0 Å². The topological polar surface area (TPSA) is 29.0 Å². The second-order valence-electron chi connectivity index (χ2n) is 2.75. The highest BCUT2D eigenvalue weighted by Crippen LogP contribution is 2.19. The maximum absolute atomic E-state index is 5.92. The number of hydrogen-bond donors (Lipinski definition) is 0. The minimum absolute atomic E-state index is 0.484. The minimum atomic E-state index is 0.484. The molecule has 0 atom stereocenters. The summed E-state index contributed by atoms with van der Waals surface area (Å²) < 4.78 is 0. The Bertz CT molecular complexity index is 265. The van der Waals surface area contributed by atoms with E-state index in [1.54, 1.807) is 12.4 Å². The second-order valence-corrected chi connectivity index (χ2v) is 3.11. The molecule has 3 nitrogen and oxygen atoms in total. The van der Waals surface area contributed by atoms with Gasteiger partial charge in [0.25, 0.3) is 0 Å². The Morgan fingerprint density at radius 2 is 2.00 bits per heavy atom. The molecule has 0 saturated carbocycles. The molecule has 0 spiro atoms. The van der Waals surface area contributed by atoms with E-state index in [1.165, 1.54) is 0 Å². The molecule has 1 aromatic heterocycles. The van der Waals surface area contributed by atoms with Crippen LogP contribution in [-0.4, -0.2) is 23.1 Å². The summed E-state index contributed by atoms with van der Waals surface area (Å²) in [5.41, 5.74) is 0. The van der Waals surface area contributed by atoms with Crippen LogP contribution in [0.4, 0.5) is 5.82 Å². The second kappa shape index (κ2) is 5.02. The number of aromatic nitrogens is 2. The number of hydrogen-bond acceptors (Lipinski definition) is 3.